The molecular weight excluding hydrogens is 838 g/mol. The summed E-state index contributed by atoms with van der Waals surface area (Å²) in [4.78, 5) is 52.8. The number of unbranched alkanes of at least 4 members (excludes halogenated alkanes) is 16. The van der Waals surface area contributed by atoms with Crippen LogP contribution in [0.15, 0.2) is 60.8 Å². The van der Waals surface area contributed by atoms with Gasteiger partial charge in [0, 0.05) is 12.8 Å². The van der Waals surface area contributed by atoms with Gasteiger partial charge in [-0.2, -0.15) is 0 Å². The average molecular weight is 921 g/mol. The number of hydrogen-bond acceptors (Lipinski definition) is 11. The lowest BCUT2D eigenvalue weighted by atomic mass is 10.1. The molecule has 0 aromatic carbocycles. The zero-order valence-corrected chi connectivity index (χ0v) is 39.6. The van der Waals surface area contributed by atoms with Gasteiger partial charge in [0.2, 0.25) is 0 Å². The Bertz CT molecular complexity index is 1340. The van der Waals surface area contributed by atoms with Crippen molar-refractivity contribution in [3.8, 4) is 0 Å². The molecule has 0 aliphatic carbocycles. The van der Waals surface area contributed by atoms with Crippen LogP contribution in [0.4, 0.5) is 0 Å². The van der Waals surface area contributed by atoms with Crippen LogP contribution in [0.25, 0.3) is 0 Å². The summed E-state index contributed by atoms with van der Waals surface area (Å²) in [5, 5.41) is 20.0. The van der Waals surface area contributed by atoms with Gasteiger partial charge in [-0.25, -0.2) is 9.13 Å². The third-order valence-corrected chi connectivity index (χ3v) is 10.9. The van der Waals surface area contributed by atoms with E-state index in [1.54, 1.807) is 12.2 Å². The number of esters is 2. The number of hydrogen-bond donors (Lipinski definition) is 5. The minimum atomic E-state index is -4.89. The fourth-order valence-electron chi connectivity index (χ4n) is 5.92. The molecule has 0 fully saturated rings. The summed E-state index contributed by atoms with van der Waals surface area (Å²) in [5.74, 6) is -1.24. The summed E-state index contributed by atoms with van der Waals surface area (Å²) in [6.45, 7) is 1.51. The summed E-state index contributed by atoms with van der Waals surface area (Å²) in [5.41, 5.74) is 0. The second kappa shape index (κ2) is 41.5. The van der Waals surface area contributed by atoms with Crippen molar-refractivity contribution in [2.24, 2.45) is 0 Å². The Kier molecular flexibility index (Phi) is 40.0. The van der Waals surface area contributed by atoms with Crippen LogP contribution in [0.3, 0.4) is 0 Å². The van der Waals surface area contributed by atoms with Crippen molar-refractivity contribution in [1.29, 1.82) is 0 Å². The Balaban J connectivity index is 4.67. The first-order valence-corrected chi connectivity index (χ1v) is 26.1. The second-order valence-corrected chi connectivity index (χ2v) is 18.2. The Morgan fingerprint density at radius 1 is 0.532 bits per heavy atom. The quantitative estimate of drug-likeness (QED) is 0.0126. The van der Waals surface area contributed by atoms with Crippen LogP contribution >= 0.6 is 15.6 Å². The first kappa shape index (κ1) is 59.8. The van der Waals surface area contributed by atoms with Crippen LogP contribution in [0.5, 0.6) is 0 Å². The second-order valence-electron chi connectivity index (χ2n) is 15.5. The van der Waals surface area contributed by atoms with Crippen molar-refractivity contribution in [1.82, 2.24) is 0 Å². The Labute approximate surface area is 373 Å². The summed E-state index contributed by atoms with van der Waals surface area (Å²) in [6, 6.07) is 0. The van der Waals surface area contributed by atoms with Crippen molar-refractivity contribution >= 4 is 27.6 Å². The van der Waals surface area contributed by atoms with E-state index in [4.69, 9.17) is 23.8 Å². The molecule has 4 atom stereocenters. The van der Waals surface area contributed by atoms with Gasteiger partial charge in [-0.3, -0.25) is 23.2 Å². The standard InChI is InChI=1S/C46H82O14P2/c1-3-5-7-9-11-13-15-17-18-19-20-22-24-26-28-30-32-36-46(50)60-44(41-59-62(54,55)58-39-43(48)38-57-61(51,52)53)40-56-45(49)37-33-35-42(47)34-31-29-27-25-23-21-16-14-12-10-8-6-4-2/h11,13,17-18,21,23,27,29,31,34,42-44,47-48H,3-10,12,14-16,19-20,22,24-26,28,30,32-33,35-41H2,1-2H3,(H,54,55)(H2,51,52,53)/b13-11-,18-17-,23-21+,29-27+,34-31+/t42?,43-,44+/m0/s1. The Hall–Kier alpha value is -2.22. The Morgan fingerprint density at radius 2 is 1.02 bits per heavy atom. The van der Waals surface area contributed by atoms with Crippen LogP contribution < -0.4 is 0 Å². The molecule has 0 aliphatic rings. The predicted octanol–water partition coefficient (Wildman–Crippen LogP) is 11.0. The number of ether oxygens (including phenoxy) is 2. The van der Waals surface area contributed by atoms with Crippen LogP contribution in [0.2, 0.25) is 0 Å². The molecule has 2 unspecified atom stereocenters. The number of aliphatic hydroxyl groups is 2. The molecule has 0 heterocycles. The number of carbonyl (C=O) groups excluding carboxylic acids is 2. The fraction of sp³-hybridized carbons (Fsp3) is 0.739. The van der Waals surface area contributed by atoms with E-state index in [0.29, 0.717) is 19.3 Å². The van der Waals surface area contributed by atoms with Gasteiger partial charge in [0.15, 0.2) is 6.10 Å². The lowest BCUT2D eigenvalue weighted by Gasteiger charge is -2.20. The summed E-state index contributed by atoms with van der Waals surface area (Å²) < 4.78 is 47.7. The minimum absolute atomic E-state index is 0.0324. The zero-order valence-electron chi connectivity index (χ0n) is 37.8. The van der Waals surface area contributed by atoms with Crippen molar-refractivity contribution in [2.45, 2.75) is 193 Å². The molecule has 14 nitrogen and oxygen atoms in total. The van der Waals surface area contributed by atoms with Gasteiger partial charge in [0.1, 0.15) is 12.7 Å². The lowest BCUT2D eigenvalue weighted by Crippen LogP contribution is -2.30. The highest BCUT2D eigenvalue weighted by molar-refractivity contribution is 7.47. The normalized spacial score (nSPS) is 15.0. The molecule has 0 aliphatic heterocycles. The molecule has 360 valence electrons. The van der Waals surface area contributed by atoms with Gasteiger partial charge in [-0.05, 0) is 70.6 Å². The van der Waals surface area contributed by atoms with Crippen LogP contribution in [-0.2, 0) is 41.8 Å². The molecule has 0 saturated heterocycles. The fourth-order valence-corrected chi connectivity index (χ4v) is 7.07. The van der Waals surface area contributed by atoms with E-state index in [1.165, 1.54) is 57.8 Å². The number of allylic oxidation sites excluding steroid dienone is 9. The number of aliphatic hydroxyl groups excluding tert-OH is 2. The largest absolute Gasteiger partial charge is 0.472 e. The SMILES string of the molecule is CCCCC/C=C\C/C=C\CCCCCCCCCC(=O)O[C@H](COC(=O)CCCC(O)/C=C/C=C/C/C=C/CCCCCCCC)COP(=O)(O)OC[C@@H](O)COP(=O)(O)O. The first-order chi connectivity index (χ1) is 29.8. The van der Waals surface area contributed by atoms with E-state index >= 15 is 0 Å². The average Bonchev–Trinajstić information content (AvgIpc) is 3.22. The molecule has 0 rings (SSSR count). The van der Waals surface area contributed by atoms with Crippen LogP contribution in [0.1, 0.15) is 174 Å². The summed E-state index contributed by atoms with van der Waals surface area (Å²) >= 11 is 0. The zero-order chi connectivity index (χ0) is 46.0. The highest BCUT2D eigenvalue weighted by atomic mass is 31.2. The summed E-state index contributed by atoms with van der Waals surface area (Å²) in [6.07, 6.45) is 40.9. The molecule has 0 radical (unpaired) electrons. The first-order valence-electron chi connectivity index (χ1n) is 23.1. The molecule has 16 heteroatoms. The van der Waals surface area contributed by atoms with Gasteiger partial charge in [0.05, 0.1) is 25.9 Å². The number of phosphoric acid groups is 2. The molecule has 62 heavy (non-hydrogen) atoms. The van der Waals surface area contributed by atoms with Crippen molar-refractivity contribution < 1.29 is 66.7 Å². The van der Waals surface area contributed by atoms with Crippen molar-refractivity contribution in [3.05, 3.63) is 60.8 Å². The highest BCUT2D eigenvalue weighted by Crippen LogP contribution is 2.43. The van der Waals surface area contributed by atoms with Crippen LogP contribution in [0, 0.1) is 0 Å². The van der Waals surface area contributed by atoms with Gasteiger partial charge in [0.25, 0.3) is 0 Å². The topological polar surface area (TPSA) is 216 Å². The van der Waals surface area contributed by atoms with Crippen molar-refractivity contribution in [2.75, 3.05) is 26.4 Å². The van der Waals surface area contributed by atoms with E-state index in [0.717, 1.165) is 70.6 Å². The van der Waals surface area contributed by atoms with E-state index in [-0.39, 0.29) is 12.8 Å². The highest BCUT2D eigenvalue weighted by Gasteiger charge is 2.28. The van der Waals surface area contributed by atoms with Gasteiger partial charge in [-0.1, -0.05) is 152 Å². The number of phosphoric ester groups is 2. The molecule has 0 spiro atoms. The molecule has 0 aromatic heterocycles. The molecule has 0 aromatic rings. The van der Waals surface area contributed by atoms with E-state index in [1.807, 2.05) is 12.2 Å². The maximum Gasteiger partial charge on any atom is 0.472 e. The van der Waals surface area contributed by atoms with Gasteiger partial charge in [-0.15, -0.1) is 0 Å². The molecule has 0 amide bonds. The smallest absolute Gasteiger partial charge is 0.462 e. The minimum Gasteiger partial charge on any atom is -0.462 e. The van der Waals surface area contributed by atoms with Crippen LogP contribution in [-0.4, -0.2) is 81.6 Å². The molecule has 0 bridgehead atoms. The maximum atomic E-state index is 12.7. The third kappa shape index (κ3) is 44.4. The van der Waals surface area contributed by atoms with Gasteiger partial charge < -0.3 is 34.4 Å². The molecule has 0 saturated carbocycles. The third-order valence-electron chi connectivity index (χ3n) is 9.47. The molecule has 5 N–H and O–H groups in total. The van der Waals surface area contributed by atoms with E-state index < -0.39 is 72.3 Å². The maximum absolute atomic E-state index is 12.7. The number of carbonyl (C=O) groups is 2. The predicted molar refractivity (Wildman–Crippen MR) is 245 cm³/mol. The monoisotopic (exact) mass is 921 g/mol. The number of rotatable bonds is 43. The van der Waals surface area contributed by atoms with Crippen molar-refractivity contribution in [3.63, 3.8) is 0 Å². The van der Waals surface area contributed by atoms with E-state index in [2.05, 4.69) is 59.4 Å². The Morgan fingerprint density at radius 3 is 1.61 bits per heavy atom. The summed E-state index contributed by atoms with van der Waals surface area (Å²) in [7, 11) is -9.74. The van der Waals surface area contributed by atoms with E-state index in [9.17, 15) is 33.8 Å². The lowest BCUT2D eigenvalue weighted by molar-refractivity contribution is -0.161. The molecular formula is C46H82O14P2. The van der Waals surface area contributed by atoms with Gasteiger partial charge >= 0.3 is 27.6 Å².